The number of ether oxygens (including phenoxy) is 2. The third-order valence-electron chi connectivity index (χ3n) is 3.12. The first-order chi connectivity index (χ1) is 10.6. The van der Waals surface area contributed by atoms with Crippen molar-refractivity contribution in [3.63, 3.8) is 0 Å². The average molecular weight is 298 g/mol. The normalized spacial score (nSPS) is 11.1. The van der Waals surface area contributed by atoms with Crippen molar-refractivity contribution in [2.45, 2.75) is 0 Å². The van der Waals surface area contributed by atoms with Crippen LogP contribution in [0.4, 0.5) is 0 Å². The van der Waals surface area contributed by atoms with Crippen LogP contribution in [0.5, 0.6) is 0 Å². The van der Waals surface area contributed by atoms with Gasteiger partial charge in [-0.15, -0.1) is 0 Å². The molecule has 0 bridgehead atoms. The second-order valence-corrected chi connectivity index (χ2v) is 4.46. The zero-order valence-electron chi connectivity index (χ0n) is 12.2. The summed E-state index contributed by atoms with van der Waals surface area (Å²) in [6, 6.07) is 12.5. The van der Waals surface area contributed by atoms with Crippen LogP contribution in [0.25, 0.3) is 10.8 Å². The average Bonchev–Trinajstić information content (AvgIpc) is 2.57. The monoisotopic (exact) mass is 298 g/mol. The number of fused-ring (bicyclic) bond motifs is 1. The molecule has 112 valence electrons. The van der Waals surface area contributed by atoms with Crippen LogP contribution in [0, 0.1) is 0 Å². The van der Waals surface area contributed by atoms with Gasteiger partial charge in [-0.2, -0.15) is 0 Å². The molecule has 0 amide bonds. The number of benzene rings is 2. The minimum Gasteiger partial charge on any atom is -0.466 e. The summed E-state index contributed by atoms with van der Waals surface area (Å²) < 4.78 is 9.01. The van der Waals surface area contributed by atoms with Crippen LogP contribution in [0.15, 0.2) is 54.1 Å². The molecule has 0 aliphatic rings. The van der Waals surface area contributed by atoms with Gasteiger partial charge in [-0.05, 0) is 16.8 Å². The highest BCUT2D eigenvalue weighted by molar-refractivity contribution is 6.26. The van der Waals surface area contributed by atoms with Crippen molar-refractivity contribution in [1.82, 2.24) is 0 Å². The minimum absolute atomic E-state index is 0.291. The van der Waals surface area contributed by atoms with E-state index in [0.29, 0.717) is 5.56 Å². The van der Waals surface area contributed by atoms with E-state index in [-0.39, 0.29) is 5.57 Å². The van der Waals surface area contributed by atoms with Crippen molar-refractivity contribution in [2.24, 2.45) is 0 Å². The van der Waals surface area contributed by atoms with Gasteiger partial charge < -0.3 is 9.47 Å². The van der Waals surface area contributed by atoms with E-state index < -0.39 is 17.7 Å². The molecule has 0 unspecified atom stereocenters. The van der Waals surface area contributed by atoms with Crippen LogP contribution in [-0.4, -0.2) is 31.9 Å². The number of rotatable bonds is 4. The number of hydrogen-bond acceptors (Lipinski definition) is 5. The smallest absolute Gasteiger partial charge is 0.342 e. The lowest BCUT2D eigenvalue weighted by Crippen LogP contribution is -2.17. The van der Waals surface area contributed by atoms with E-state index in [0.717, 1.165) is 31.1 Å². The molecule has 0 N–H and O–H groups in total. The first-order valence-electron chi connectivity index (χ1n) is 6.48. The van der Waals surface area contributed by atoms with Gasteiger partial charge in [0.25, 0.3) is 0 Å². The lowest BCUT2D eigenvalue weighted by Gasteiger charge is -2.06. The lowest BCUT2D eigenvalue weighted by molar-refractivity contribution is -0.138. The molecule has 0 heterocycles. The van der Waals surface area contributed by atoms with E-state index in [9.17, 15) is 14.4 Å². The Labute approximate surface area is 127 Å². The maximum atomic E-state index is 12.5. The highest BCUT2D eigenvalue weighted by Crippen LogP contribution is 2.18. The molecule has 2 aromatic rings. The van der Waals surface area contributed by atoms with E-state index in [1.165, 1.54) is 0 Å². The molecule has 0 aliphatic heterocycles. The van der Waals surface area contributed by atoms with E-state index in [4.69, 9.17) is 0 Å². The molecule has 0 fully saturated rings. The molecular weight excluding hydrogens is 284 g/mol. The summed E-state index contributed by atoms with van der Waals surface area (Å²) in [6.45, 7) is 0. The van der Waals surface area contributed by atoms with Gasteiger partial charge in [-0.25, -0.2) is 9.59 Å². The Morgan fingerprint density at radius 1 is 0.909 bits per heavy atom. The molecular formula is C17H14O5. The second kappa shape index (κ2) is 6.67. The number of ketones is 1. The van der Waals surface area contributed by atoms with E-state index >= 15 is 0 Å². The summed E-state index contributed by atoms with van der Waals surface area (Å²) in [6.07, 6.45) is 0.837. The number of hydrogen-bond donors (Lipinski definition) is 0. The summed E-state index contributed by atoms with van der Waals surface area (Å²) in [5.74, 6) is -2.28. The predicted molar refractivity (Wildman–Crippen MR) is 80.4 cm³/mol. The van der Waals surface area contributed by atoms with Gasteiger partial charge in [0.05, 0.1) is 14.2 Å². The number of carbonyl (C=O) groups excluding carboxylic acids is 3. The van der Waals surface area contributed by atoms with Crippen molar-refractivity contribution < 1.29 is 23.9 Å². The molecule has 0 atom stereocenters. The molecule has 22 heavy (non-hydrogen) atoms. The second-order valence-electron chi connectivity index (χ2n) is 4.46. The zero-order valence-corrected chi connectivity index (χ0v) is 12.2. The number of methoxy groups -OCH3 is 2. The molecule has 0 spiro atoms. The number of Topliss-reactive ketones (excluding diaryl/α,β-unsaturated/α-hetero) is 1. The van der Waals surface area contributed by atoms with Crippen molar-refractivity contribution in [2.75, 3.05) is 14.2 Å². The van der Waals surface area contributed by atoms with Gasteiger partial charge in [0, 0.05) is 11.6 Å². The third-order valence-corrected chi connectivity index (χ3v) is 3.12. The molecule has 0 aliphatic carbocycles. The molecule has 0 saturated carbocycles. The van der Waals surface area contributed by atoms with Crippen molar-refractivity contribution in [3.8, 4) is 0 Å². The van der Waals surface area contributed by atoms with E-state index in [1.807, 2.05) is 24.3 Å². The van der Waals surface area contributed by atoms with Gasteiger partial charge >= 0.3 is 11.9 Å². The van der Waals surface area contributed by atoms with Gasteiger partial charge in [0.15, 0.2) is 0 Å². The van der Waals surface area contributed by atoms with Crippen LogP contribution in [0.3, 0.4) is 0 Å². The Balaban J connectivity index is 2.46. The van der Waals surface area contributed by atoms with Crippen LogP contribution >= 0.6 is 0 Å². The predicted octanol–water partition coefficient (Wildman–Crippen LogP) is 2.29. The maximum absolute atomic E-state index is 12.5. The van der Waals surface area contributed by atoms with Crippen molar-refractivity contribution in [1.29, 1.82) is 0 Å². The summed E-state index contributed by atoms with van der Waals surface area (Å²) in [5.41, 5.74) is -0.0797. The Bertz CT molecular complexity index is 773. The van der Waals surface area contributed by atoms with Crippen molar-refractivity contribution >= 4 is 28.5 Å². The molecule has 0 radical (unpaired) electrons. The van der Waals surface area contributed by atoms with E-state index in [2.05, 4.69) is 9.47 Å². The van der Waals surface area contributed by atoms with Crippen LogP contribution < -0.4 is 0 Å². The Hall–Kier alpha value is -2.95. The Kier molecular flexibility index (Phi) is 4.68. The van der Waals surface area contributed by atoms with E-state index in [1.54, 1.807) is 18.2 Å². The number of esters is 2. The molecule has 0 aromatic heterocycles. The number of carbonyl (C=O) groups is 3. The van der Waals surface area contributed by atoms with Crippen LogP contribution in [-0.2, 0) is 19.1 Å². The zero-order chi connectivity index (χ0) is 16.1. The fraction of sp³-hybridized carbons (Fsp3) is 0.118. The maximum Gasteiger partial charge on any atom is 0.342 e. The van der Waals surface area contributed by atoms with Gasteiger partial charge in [0.2, 0.25) is 5.78 Å². The fourth-order valence-corrected chi connectivity index (χ4v) is 1.99. The fourth-order valence-electron chi connectivity index (χ4n) is 1.99. The highest BCUT2D eigenvalue weighted by atomic mass is 16.5. The molecule has 2 rings (SSSR count). The first-order valence-corrected chi connectivity index (χ1v) is 6.48. The summed E-state index contributed by atoms with van der Waals surface area (Å²) in [7, 11) is 2.30. The molecule has 5 nitrogen and oxygen atoms in total. The molecule has 0 saturated heterocycles. The SMILES string of the molecule is COC(=O)/C=C(/C(=O)OC)C(=O)c1ccc2ccccc2c1. The molecule has 2 aromatic carbocycles. The third kappa shape index (κ3) is 3.20. The quantitative estimate of drug-likeness (QED) is 0.285. The Morgan fingerprint density at radius 3 is 2.23 bits per heavy atom. The van der Waals surface area contributed by atoms with Gasteiger partial charge in [-0.1, -0.05) is 36.4 Å². The largest absolute Gasteiger partial charge is 0.466 e. The summed E-state index contributed by atoms with van der Waals surface area (Å²) in [4.78, 5) is 35.5. The molecule has 5 heteroatoms. The Morgan fingerprint density at radius 2 is 1.59 bits per heavy atom. The van der Waals surface area contributed by atoms with Crippen LogP contribution in [0.1, 0.15) is 10.4 Å². The topological polar surface area (TPSA) is 69.7 Å². The minimum atomic E-state index is -0.886. The van der Waals surface area contributed by atoms with Gasteiger partial charge in [0.1, 0.15) is 5.57 Å². The van der Waals surface area contributed by atoms with Crippen molar-refractivity contribution in [3.05, 3.63) is 59.7 Å². The summed E-state index contributed by atoms with van der Waals surface area (Å²) in [5, 5.41) is 1.83. The first kappa shape index (κ1) is 15.4. The van der Waals surface area contributed by atoms with Gasteiger partial charge in [-0.3, -0.25) is 4.79 Å². The highest BCUT2D eigenvalue weighted by Gasteiger charge is 2.22. The lowest BCUT2D eigenvalue weighted by atomic mass is 9.99. The standard InChI is InChI=1S/C17H14O5/c1-21-15(18)10-14(17(20)22-2)16(19)13-8-7-11-5-3-4-6-12(11)9-13/h3-10H,1-2H3/b14-10+. The van der Waals surface area contributed by atoms with Crippen LogP contribution in [0.2, 0.25) is 0 Å². The summed E-state index contributed by atoms with van der Waals surface area (Å²) >= 11 is 0.